The molecular weight excluding hydrogens is 316 g/mol. The third kappa shape index (κ3) is 1.76. The molecule has 2 N–H and O–H groups in total. The number of aliphatic hydroxyl groups is 2. The third-order valence-corrected chi connectivity index (χ3v) is 8.83. The summed E-state index contributed by atoms with van der Waals surface area (Å²) < 4.78 is 0. The minimum Gasteiger partial charge on any atom is -0.392 e. The van der Waals surface area contributed by atoms with E-state index in [0.29, 0.717) is 12.0 Å². The highest BCUT2D eigenvalue weighted by Gasteiger charge is 2.74. The average Bonchev–Trinajstić information content (AvgIpc) is 2.71. The molecule has 0 amide bonds. The van der Waals surface area contributed by atoms with Crippen LogP contribution in [0, 0.1) is 34.0 Å². The Morgan fingerprint density at radius 3 is 2.60 bits per heavy atom. The van der Waals surface area contributed by atoms with Gasteiger partial charge in [-0.25, -0.2) is 0 Å². The Bertz CT molecular complexity index is 642. The van der Waals surface area contributed by atoms with Crippen molar-refractivity contribution in [3.8, 4) is 0 Å². The molecule has 4 nitrogen and oxygen atoms in total. The smallest absolute Gasteiger partial charge is 0.170 e. The van der Waals surface area contributed by atoms with Crippen LogP contribution in [0.4, 0.5) is 0 Å². The van der Waals surface area contributed by atoms with Crippen LogP contribution in [0.5, 0.6) is 0 Å². The number of hydrogen-bond donors (Lipinski definition) is 2. The summed E-state index contributed by atoms with van der Waals surface area (Å²) in [4.78, 5) is 25.2. The zero-order chi connectivity index (χ0) is 18.2. The first kappa shape index (κ1) is 17.4. The largest absolute Gasteiger partial charge is 0.392 e. The summed E-state index contributed by atoms with van der Waals surface area (Å²) >= 11 is 0. The Kier molecular flexibility index (Phi) is 3.66. The van der Waals surface area contributed by atoms with Crippen molar-refractivity contribution < 1.29 is 19.8 Å². The van der Waals surface area contributed by atoms with Gasteiger partial charge in [0.2, 0.25) is 0 Å². The Balaban J connectivity index is 1.91. The van der Waals surface area contributed by atoms with Gasteiger partial charge in [0, 0.05) is 11.3 Å². The Labute approximate surface area is 149 Å². The van der Waals surface area contributed by atoms with Gasteiger partial charge < -0.3 is 15.0 Å². The first-order valence-corrected chi connectivity index (χ1v) is 9.85. The number of Topliss-reactive ketones (excluding diaryl/α,β-unsaturated/α-hetero) is 1. The Morgan fingerprint density at radius 2 is 1.96 bits per heavy atom. The predicted molar refractivity (Wildman–Crippen MR) is 93.7 cm³/mol. The molecule has 25 heavy (non-hydrogen) atoms. The number of hydrogen-bond acceptors (Lipinski definition) is 4. The average molecular weight is 346 g/mol. The van der Waals surface area contributed by atoms with Crippen molar-refractivity contribution in [2.75, 3.05) is 0 Å². The molecule has 4 rings (SSSR count). The van der Waals surface area contributed by atoms with E-state index in [-0.39, 0.29) is 29.0 Å². The van der Waals surface area contributed by atoms with Crippen LogP contribution in [0.25, 0.3) is 0 Å². The quantitative estimate of drug-likeness (QED) is 0.595. The maximum Gasteiger partial charge on any atom is 0.170 e. The maximum atomic E-state index is 13.2. The van der Waals surface area contributed by atoms with Crippen molar-refractivity contribution in [3.05, 3.63) is 12.2 Å². The van der Waals surface area contributed by atoms with Gasteiger partial charge in [0.15, 0.2) is 5.78 Å². The predicted octanol–water partition coefficient (Wildman–Crippen LogP) is 2.67. The molecule has 1 spiro atoms. The summed E-state index contributed by atoms with van der Waals surface area (Å²) in [5.41, 5.74) is -1.18. The van der Waals surface area contributed by atoms with Crippen LogP contribution in [-0.4, -0.2) is 34.5 Å². The van der Waals surface area contributed by atoms with E-state index in [9.17, 15) is 19.8 Å². The fraction of sp³-hybridized carbons (Fsp3) is 0.810. The molecule has 0 radical (unpaired) electrons. The fourth-order valence-electron chi connectivity index (χ4n) is 7.68. The minimum absolute atomic E-state index is 0.0590. The molecule has 4 aliphatic carbocycles. The van der Waals surface area contributed by atoms with Crippen LogP contribution in [0.15, 0.2) is 12.2 Å². The van der Waals surface area contributed by atoms with Crippen LogP contribution in [0.3, 0.4) is 0 Å². The van der Waals surface area contributed by atoms with Crippen LogP contribution < -0.4 is 0 Å². The van der Waals surface area contributed by atoms with E-state index in [4.69, 9.17) is 0 Å². The van der Waals surface area contributed by atoms with E-state index in [2.05, 4.69) is 13.5 Å². The first-order chi connectivity index (χ1) is 11.8. The maximum absolute atomic E-state index is 13.2. The van der Waals surface area contributed by atoms with Gasteiger partial charge in [0.25, 0.3) is 0 Å². The second kappa shape index (κ2) is 5.26. The van der Waals surface area contributed by atoms with Crippen LogP contribution >= 0.6 is 0 Å². The molecule has 138 valence electrons. The summed E-state index contributed by atoms with van der Waals surface area (Å²) in [6.45, 7) is 8.15. The van der Waals surface area contributed by atoms with Gasteiger partial charge in [0.05, 0.1) is 17.6 Å². The van der Waals surface area contributed by atoms with E-state index in [1.165, 1.54) is 0 Å². The van der Waals surface area contributed by atoms with Gasteiger partial charge in [-0.05, 0) is 61.3 Å². The molecule has 4 aliphatic rings. The van der Waals surface area contributed by atoms with Gasteiger partial charge in [0.1, 0.15) is 6.29 Å². The number of carbonyl (C=O) groups is 2. The van der Waals surface area contributed by atoms with E-state index < -0.39 is 23.0 Å². The lowest BCUT2D eigenvalue weighted by Crippen LogP contribution is -2.68. The van der Waals surface area contributed by atoms with Crippen molar-refractivity contribution in [2.24, 2.45) is 34.0 Å². The first-order valence-electron chi connectivity index (χ1n) is 9.85. The van der Waals surface area contributed by atoms with Crippen molar-refractivity contribution in [3.63, 3.8) is 0 Å². The lowest BCUT2D eigenvalue weighted by molar-refractivity contribution is -0.229. The molecular formula is C21H30O4. The fourth-order valence-corrected chi connectivity index (χ4v) is 7.68. The van der Waals surface area contributed by atoms with Crippen molar-refractivity contribution >= 4 is 12.1 Å². The Morgan fingerprint density at radius 1 is 1.24 bits per heavy atom. The Hall–Kier alpha value is -1.00. The van der Waals surface area contributed by atoms with E-state index >= 15 is 0 Å². The van der Waals surface area contributed by atoms with Gasteiger partial charge in [-0.1, -0.05) is 26.8 Å². The molecule has 0 aromatic heterocycles. The molecule has 4 saturated carbocycles. The number of fused-ring (bicyclic) bond motifs is 3. The number of ketones is 1. The molecule has 2 bridgehead atoms. The molecule has 8 atom stereocenters. The second-order valence-corrected chi connectivity index (χ2v) is 9.34. The lowest BCUT2D eigenvalue weighted by Gasteiger charge is -2.65. The van der Waals surface area contributed by atoms with Gasteiger partial charge in [-0.2, -0.15) is 0 Å². The lowest BCUT2D eigenvalue weighted by atomic mass is 9.38. The van der Waals surface area contributed by atoms with E-state index in [1.807, 2.05) is 6.92 Å². The summed E-state index contributed by atoms with van der Waals surface area (Å²) in [6, 6.07) is 0. The standard InChI is InChI=1S/C21H30O4/c1-4-20-9-5-8-19(3,11-22)15(20)10-16(23)21-14(20)7-6-13(18(21)25)12(2)17(21)24/h11,13-16,18,23,25H,2,4-10H2,1,3H3. The highest BCUT2D eigenvalue weighted by molar-refractivity contribution is 6.04. The monoisotopic (exact) mass is 346 g/mol. The highest BCUT2D eigenvalue weighted by Crippen LogP contribution is 2.71. The summed E-state index contributed by atoms with van der Waals surface area (Å²) in [6.07, 6.45) is 5.09. The minimum atomic E-state index is -1.09. The van der Waals surface area contributed by atoms with Crippen molar-refractivity contribution in [1.82, 2.24) is 0 Å². The number of carbonyl (C=O) groups excluding carboxylic acids is 2. The van der Waals surface area contributed by atoms with Crippen molar-refractivity contribution in [2.45, 2.75) is 71.0 Å². The molecule has 8 unspecified atom stereocenters. The summed E-state index contributed by atoms with van der Waals surface area (Å²) in [7, 11) is 0. The molecule has 0 saturated heterocycles. The van der Waals surface area contributed by atoms with Gasteiger partial charge >= 0.3 is 0 Å². The van der Waals surface area contributed by atoms with Gasteiger partial charge in [-0.15, -0.1) is 0 Å². The zero-order valence-electron chi connectivity index (χ0n) is 15.3. The van der Waals surface area contributed by atoms with E-state index in [0.717, 1.165) is 44.8 Å². The van der Waals surface area contributed by atoms with Crippen molar-refractivity contribution in [1.29, 1.82) is 0 Å². The summed E-state index contributed by atoms with van der Waals surface area (Å²) in [5, 5.41) is 22.3. The van der Waals surface area contributed by atoms with Crippen LogP contribution in [0.2, 0.25) is 0 Å². The molecule has 0 heterocycles. The number of aliphatic hydroxyl groups excluding tert-OH is 2. The molecule has 4 fully saturated rings. The molecule has 0 aliphatic heterocycles. The number of rotatable bonds is 2. The zero-order valence-corrected chi connectivity index (χ0v) is 15.3. The van der Waals surface area contributed by atoms with Crippen LogP contribution in [0.1, 0.15) is 58.8 Å². The topological polar surface area (TPSA) is 74.6 Å². The van der Waals surface area contributed by atoms with Crippen LogP contribution in [-0.2, 0) is 9.59 Å². The highest BCUT2D eigenvalue weighted by atomic mass is 16.3. The summed E-state index contributed by atoms with van der Waals surface area (Å²) in [5.74, 6) is -0.293. The normalized spacial score (nSPS) is 54.8. The number of aldehydes is 1. The molecule has 0 aromatic carbocycles. The third-order valence-electron chi connectivity index (χ3n) is 8.83. The molecule has 0 aromatic rings. The molecule has 4 heteroatoms. The second-order valence-electron chi connectivity index (χ2n) is 9.34. The van der Waals surface area contributed by atoms with E-state index in [1.54, 1.807) is 0 Å². The van der Waals surface area contributed by atoms with Gasteiger partial charge in [-0.3, -0.25) is 4.79 Å². The SMILES string of the molecule is C=C1C(=O)C23C(O)CC4C(C)(C=O)CCCC4(CC)C2CCC1C3O.